The van der Waals surface area contributed by atoms with Crippen LogP contribution in [0.25, 0.3) is 0 Å². The number of carboxylic acid groups (broad SMARTS) is 1. The lowest BCUT2D eigenvalue weighted by molar-refractivity contribution is -0.889. The number of unbranched alkanes of at least 4 members (excludes halogenated alkanes) is 8. The van der Waals surface area contributed by atoms with E-state index in [1.807, 2.05) is 60.8 Å². The van der Waals surface area contributed by atoms with Crippen LogP contribution in [0.2, 0.25) is 0 Å². The molecule has 0 amide bonds. The standard InChI is InChI=1S/C42H67NO7/c1-6-8-10-12-14-16-17-18-19-20-21-22-23-25-26-28-30-32-40(44)49-37-38(36-48-35-34-39(42(46)47)43(3,4)5)50-41(45)33-31-29-27-24-15-13-11-9-7-2/h8,10,12,14,16-24,27,38-39H,6-7,9,11,13,15,25-26,28-37H2,1-5H3/b10-8+,14-12+,17-16+,19-18+,21-20+,23-22+,27-24+. The predicted molar refractivity (Wildman–Crippen MR) is 203 cm³/mol. The molecular weight excluding hydrogens is 630 g/mol. The summed E-state index contributed by atoms with van der Waals surface area (Å²) >= 11 is 0. The van der Waals surface area contributed by atoms with Crippen molar-refractivity contribution in [2.75, 3.05) is 41.0 Å². The molecule has 0 heterocycles. The fourth-order valence-corrected chi connectivity index (χ4v) is 4.75. The van der Waals surface area contributed by atoms with Crippen LogP contribution in [0, 0.1) is 0 Å². The zero-order valence-corrected chi connectivity index (χ0v) is 31.8. The highest BCUT2D eigenvalue weighted by atomic mass is 16.6. The lowest BCUT2D eigenvalue weighted by Gasteiger charge is -2.34. The fraction of sp³-hybridized carbons (Fsp3) is 0.595. The lowest BCUT2D eigenvalue weighted by atomic mass is 10.1. The number of carboxylic acids is 1. The molecule has 0 bridgehead atoms. The summed E-state index contributed by atoms with van der Waals surface area (Å²) in [7, 11) is 5.35. The highest BCUT2D eigenvalue weighted by Crippen LogP contribution is 2.10. The number of quaternary nitrogens is 1. The number of carbonyl (C=O) groups excluding carboxylic acids is 3. The number of allylic oxidation sites excluding steroid dienone is 14. The van der Waals surface area contributed by atoms with E-state index in [-0.39, 0.29) is 55.5 Å². The van der Waals surface area contributed by atoms with E-state index in [9.17, 15) is 19.5 Å². The smallest absolute Gasteiger partial charge is 0.306 e. The Balaban J connectivity index is 4.55. The number of rotatable bonds is 31. The number of nitrogens with zero attached hydrogens (tertiary/aromatic N) is 1. The van der Waals surface area contributed by atoms with Gasteiger partial charge < -0.3 is 28.6 Å². The van der Waals surface area contributed by atoms with Gasteiger partial charge in [-0.05, 0) is 51.4 Å². The molecule has 0 aliphatic carbocycles. The molecule has 8 heteroatoms. The van der Waals surface area contributed by atoms with Crippen LogP contribution in [0.5, 0.6) is 0 Å². The Morgan fingerprint density at radius 1 is 0.620 bits per heavy atom. The third kappa shape index (κ3) is 30.6. The molecule has 0 rings (SSSR count). The summed E-state index contributed by atoms with van der Waals surface area (Å²) in [4.78, 5) is 36.5. The van der Waals surface area contributed by atoms with Gasteiger partial charge in [-0.25, -0.2) is 0 Å². The van der Waals surface area contributed by atoms with Crippen molar-refractivity contribution >= 4 is 17.9 Å². The first-order valence-electron chi connectivity index (χ1n) is 18.7. The van der Waals surface area contributed by atoms with E-state index in [0.29, 0.717) is 12.8 Å². The number of aliphatic carboxylic acids is 1. The minimum absolute atomic E-state index is 0.00908. The predicted octanol–water partition coefficient (Wildman–Crippen LogP) is 8.07. The molecular formula is C42H67NO7. The van der Waals surface area contributed by atoms with Gasteiger partial charge in [-0.2, -0.15) is 0 Å². The molecule has 2 unspecified atom stereocenters. The van der Waals surface area contributed by atoms with Gasteiger partial charge in [-0.3, -0.25) is 9.59 Å². The second kappa shape index (κ2) is 32.7. The zero-order valence-electron chi connectivity index (χ0n) is 31.8. The van der Waals surface area contributed by atoms with E-state index in [1.54, 1.807) is 21.1 Å². The van der Waals surface area contributed by atoms with Gasteiger partial charge in [0.2, 0.25) is 0 Å². The molecule has 0 saturated heterocycles. The minimum Gasteiger partial charge on any atom is -0.544 e. The molecule has 0 N–H and O–H groups in total. The average Bonchev–Trinajstić information content (AvgIpc) is 3.06. The molecule has 0 aromatic carbocycles. The van der Waals surface area contributed by atoms with E-state index in [1.165, 1.54) is 25.7 Å². The van der Waals surface area contributed by atoms with Gasteiger partial charge >= 0.3 is 11.9 Å². The molecule has 0 fully saturated rings. The number of hydrogen-bond acceptors (Lipinski definition) is 7. The van der Waals surface area contributed by atoms with Crippen LogP contribution < -0.4 is 5.11 Å². The van der Waals surface area contributed by atoms with Crippen molar-refractivity contribution in [2.24, 2.45) is 0 Å². The number of likely N-dealkylation sites (N-methyl/N-ethyl adjacent to an activating group) is 1. The van der Waals surface area contributed by atoms with Gasteiger partial charge in [-0.1, -0.05) is 125 Å². The van der Waals surface area contributed by atoms with Crippen LogP contribution >= 0.6 is 0 Å². The molecule has 282 valence electrons. The number of ether oxygens (including phenoxy) is 3. The van der Waals surface area contributed by atoms with E-state index in [2.05, 4.69) is 38.2 Å². The number of hydrogen-bond donors (Lipinski definition) is 0. The molecule has 50 heavy (non-hydrogen) atoms. The summed E-state index contributed by atoms with van der Waals surface area (Å²) in [5.74, 6) is -1.86. The summed E-state index contributed by atoms with van der Waals surface area (Å²) in [5.41, 5.74) is 0. The Bertz CT molecular complexity index is 1090. The maximum atomic E-state index is 12.6. The molecule has 0 aliphatic heterocycles. The summed E-state index contributed by atoms with van der Waals surface area (Å²) in [6, 6.07) is -0.740. The average molecular weight is 698 g/mol. The molecule has 0 saturated carbocycles. The van der Waals surface area contributed by atoms with Crippen LogP contribution in [-0.2, 0) is 28.6 Å². The third-order valence-corrected chi connectivity index (χ3v) is 7.68. The van der Waals surface area contributed by atoms with Crippen LogP contribution in [0.15, 0.2) is 85.1 Å². The van der Waals surface area contributed by atoms with Gasteiger partial charge in [0.15, 0.2) is 6.10 Å². The van der Waals surface area contributed by atoms with Gasteiger partial charge in [0.05, 0.1) is 40.3 Å². The van der Waals surface area contributed by atoms with Crippen LogP contribution in [0.1, 0.15) is 110 Å². The maximum Gasteiger partial charge on any atom is 0.306 e. The quantitative estimate of drug-likeness (QED) is 0.0237. The Morgan fingerprint density at radius 3 is 1.74 bits per heavy atom. The molecule has 8 nitrogen and oxygen atoms in total. The van der Waals surface area contributed by atoms with Crippen molar-refractivity contribution in [1.82, 2.24) is 0 Å². The fourth-order valence-electron chi connectivity index (χ4n) is 4.75. The van der Waals surface area contributed by atoms with E-state index in [0.717, 1.165) is 38.5 Å². The third-order valence-electron chi connectivity index (χ3n) is 7.68. The normalized spacial score (nSPS) is 14.0. The van der Waals surface area contributed by atoms with Crippen molar-refractivity contribution in [2.45, 2.75) is 122 Å². The summed E-state index contributed by atoms with van der Waals surface area (Å²) in [6.45, 7) is 4.36. The van der Waals surface area contributed by atoms with Gasteiger partial charge in [0.1, 0.15) is 12.6 Å². The van der Waals surface area contributed by atoms with Crippen molar-refractivity contribution in [3.05, 3.63) is 85.1 Å². The van der Waals surface area contributed by atoms with Crippen molar-refractivity contribution < 1.29 is 38.2 Å². The number of esters is 2. The van der Waals surface area contributed by atoms with Gasteiger partial charge in [-0.15, -0.1) is 0 Å². The molecule has 0 spiro atoms. The highest BCUT2D eigenvalue weighted by molar-refractivity contribution is 5.70. The minimum atomic E-state index is -1.14. The zero-order chi connectivity index (χ0) is 37.1. The van der Waals surface area contributed by atoms with Crippen molar-refractivity contribution in [3.63, 3.8) is 0 Å². The first-order chi connectivity index (χ1) is 24.1. The van der Waals surface area contributed by atoms with Gasteiger partial charge in [0, 0.05) is 19.3 Å². The summed E-state index contributed by atoms with van der Waals surface area (Å²) in [5, 5.41) is 11.6. The Kier molecular flexibility index (Phi) is 30.4. The topological polar surface area (TPSA) is 102 Å². The van der Waals surface area contributed by atoms with Gasteiger partial charge in [0.25, 0.3) is 0 Å². The molecule has 0 aromatic rings. The molecule has 0 aliphatic rings. The largest absolute Gasteiger partial charge is 0.544 e. The number of carbonyl (C=O) groups is 3. The molecule has 0 aromatic heterocycles. The van der Waals surface area contributed by atoms with Crippen LogP contribution in [-0.4, -0.2) is 75.5 Å². The Labute approximate surface area is 303 Å². The Hall–Kier alpha value is -3.49. The second-order valence-electron chi connectivity index (χ2n) is 13.2. The highest BCUT2D eigenvalue weighted by Gasteiger charge is 2.25. The van der Waals surface area contributed by atoms with Crippen molar-refractivity contribution in [3.8, 4) is 0 Å². The summed E-state index contributed by atoms with van der Waals surface area (Å²) in [6.07, 6.45) is 40.5. The summed E-state index contributed by atoms with van der Waals surface area (Å²) < 4.78 is 17.0. The monoisotopic (exact) mass is 697 g/mol. The Morgan fingerprint density at radius 2 is 1.16 bits per heavy atom. The first kappa shape index (κ1) is 46.5. The van der Waals surface area contributed by atoms with E-state index in [4.69, 9.17) is 14.2 Å². The SMILES string of the molecule is CC/C=C/C=C/C=C/C=C/C=C/C=C/CCCCCC(=O)OCC(COCCC(C(=O)[O-])[N+](C)(C)C)OC(=O)CCC/C=C/CCCCCC. The van der Waals surface area contributed by atoms with Crippen LogP contribution in [0.3, 0.4) is 0 Å². The van der Waals surface area contributed by atoms with Crippen molar-refractivity contribution in [1.29, 1.82) is 0 Å². The molecule has 2 atom stereocenters. The lowest BCUT2D eigenvalue weighted by Crippen LogP contribution is -2.55. The second-order valence-corrected chi connectivity index (χ2v) is 13.2. The van der Waals surface area contributed by atoms with Crippen LogP contribution in [0.4, 0.5) is 0 Å². The molecule has 0 radical (unpaired) electrons. The van der Waals surface area contributed by atoms with E-state index < -0.39 is 18.1 Å². The first-order valence-corrected chi connectivity index (χ1v) is 18.7. The van der Waals surface area contributed by atoms with E-state index >= 15 is 0 Å². The maximum absolute atomic E-state index is 12.6.